The molecule has 0 fully saturated rings. The van der Waals surface area contributed by atoms with Crippen molar-refractivity contribution in [3.8, 4) is 0 Å². The number of thioether (sulfide) groups is 1. The van der Waals surface area contributed by atoms with Gasteiger partial charge in [0.2, 0.25) is 0 Å². The number of hydrogen-bond donors (Lipinski definition) is 0. The Labute approximate surface area is 358 Å². The van der Waals surface area contributed by atoms with Gasteiger partial charge in [0, 0.05) is 53.2 Å². The lowest BCUT2D eigenvalue weighted by molar-refractivity contribution is 0.810. The van der Waals surface area contributed by atoms with Gasteiger partial charge in [0.25, 0.3) is 0 Å². The molecule has 0 bridgehead atoms. The number of aliphatic imine (C=N–C) groups is 1. The van der Waals surface area contributed by atoms with E-state index < -0.39 is 0 Å². The average Bonchev–Trinajstić information content (AvgIpc) is 3.98. The SMILES string of the molecule is C/C1=C(/c2cccc3sc4ccccc4c23)CC/C=C(/C2=CC=C(n3c4ccccc4c4cc5ccccc5cc43)C3Sc4ccccc4C23)N=C(c2ccccc2)CC1. The van der Waals surface area contributed by atoms with E-state index in [9.17, 15) is 0 Å². The molecule has 0 spiro atoms. The number of para-hydroxylation sites is 1. The average molecular weight is 807 g/mol. The van der Waals surface area contributed by atoms with Gasteiger partial charge in [-0.25, -0.2) is 0 Å². The van der Waals surface area contributed by atoms with Crippen LogP contribution in [0.1, 0.15) is 55.2 Å². The second-order valence-electron chi connectivity index (χ2n) is 16.4. The van der Waals surface area contributed by atoms with Crippen molar-refractivity contribution in [1.29, 1.82) is 0 Å². The van der Waals surface area contributed by atoms with E-state index in [4.69, 9.17) is 4.99 Å². The number of nitrogens with zero attached hydrogens (tertiary/aromatic N) is 2. The largest absolute Gasteiger partial charge is 0.312 e. The van der Waals surface area contributed by atoms with Crippen molar-refractivity contribution in [3.05, 3.63) is 209 Å². The van der Waals surface area contributed by atoms with Crippen molar-refractivity contribution in [2.24, 2.45) is 4.99 Å². The van der Waals surface area contributed by atoms with Gasteiger partial charge in [-0.1, -0.05) is 139 Å². The number of hydrogen-bond acceptors (Lipinski definition) is 3. The summed E-state index contributed by atoms with van der Waals surface area (Å²) in [6.45, 7) is 2.36. The standard InChI is InChI=1S/C56H42N2S2/c1-35-29-31-46(36-15-3-2-4-16-36)57-47(24-13-22-39(35)41-23-14-28-53-54(41)43-20-8-11-26-51(43)59-53)42-30-32-49(56-55(42)44-21-9-12-27-52(44)60-56)58-48-25-10-7-19-40(48)45-33-37-17-5-6-18-38(37)34-50(45)58/h2-12,14-21,23-28,30,32-34,55-56H,13,22,29,31H2,1H3/b39-35-,47-24-,57-46?. The highest BCUT2D eigenvalue weighted by Crippen LogP contribution is 2.56. The fourth-order valence-corrected chi connectivity index (χ4v) is 12.8. The third kappa shape index (κ3) is 5.80. The van der Waals surface area contributed by atoms with E-state index in [2.05, 4.69) is 187 Å². The number of aromatic nitrogens is 1. The molecule has 288 valence electrons. The van der Waals surface area contributed by atoms with E-state index in [-0.39, 0.29) is 11.2 Å². The lowest BCUT2D eigenvalue weighted by Crippen LogP contribution is -2.22. The topological polar surface area (TPSA) is 17.3 Å². The lowest BCUT2D eigenvalue weighted by atomic mass is 9.81. The van der Waals surface area contributed by atoms with Crippen molar-refractivity contribution < 1.29 is 0 Å². The molecule has 2 nitrogen and oxygen atoms in total. The highest BCUT2D eigenvalue weighted by molar-refractivity contribution is 8.00. The molecule has 4 heteroatoms. The van der Waals surface area contributed by atoms with Gasteiger partial charge >= 0.3 is 0 Å². The van der Waals surface area contributed by atoms with Gasteiger partial charge in [0.05, 0.1) is 22.0 Å². The number of benzene rings is 7. The molecule has 7 aromatic carbocycles. The number of allylic oxidation sites excluding steroid dienone is 6. The lowest BCUT2D eigenvalue weighted by Gasteiger charge is -2.30. The maximum Gasteiger partial charge on any atom is 0.0632 e. The van der Waals surface area contributed by atoms with Crippen molar-refractivity contribution in [3.63, 3.8) is 0 Å². The van der Waals surface area contributed by atoms with E-state index >= 15 is 0 Å². The maximum absolute atomic E-state index is 5.74. The van der Waals surface area contributed by atoms with E-state index in [1.165, 1.54) is 96.8 Å². The molecule has 2 atom stereocenters. The van der Waals surface area contributed by atoms with Crippen LogP contribution in [0.5, 0.6) is 0 Å². The van der Waals surface area contributed by atoms with Crippen LogP contribution in [-0.2, 0) is 0 Å². The minimum atomic E-state index is 0.153. The van der Waals surface area contributed by atoms with Gasteiger partial charge in [0.1, 0.15) is 0 Å². The molecular weight excluding hydrogens is 765 g/mol. The molecule has 2 aliphatic heterocycles. The van der Waals surface area contributed by atoms with E-state index in [0.29, 0.717) is 0 Å². The van der Waals surface area contributed by atoms with Gasteiger partial charge < -0.3 is 4.57 Å². The fraction of sp³-hybridized carbons (Fsp3) is 0.125. The zero-order valence-electron chi connectivity index (χ0n) is 33.4. The van der Waals surface area contributed by atoms with Gasteiger partial charge in [0.15, 0.2) is 0 Å². The molecule has 0 saturated carbocycles. The van der Waals surface area contributed by atoms with Crippen molar-refractivity contribution in [2.45, 2.75) is 48.7 Å². The number of rotatable bonds is 4. The first-order valence-corrected chi connectivity index (χ1v) is 22.9. The van der Waals surface area contributed by atoms with E-state index in [1.807, 2.05) is 23.1 Å². The smallest absolute Gasteiger partial charge is 0.0632 e. The van der Waals surface area contributed by atoms with Crippen LogP contribution in [0, 0.1) is 0 Å². The highest BCUT2D eigenvalue weighted by Gasteiger charge is 2.42. The van der Waals surface area contributed by atoms with Crippen LogP contribution in [0.3, 0.4) is 0 Å². The second kappa shape index (κ2) is 14.5. The Morgan fingerprint density at radius 3 is 2.27 bits per heavy atom. The first-order valence-electron chi connectivity index (χ1n) is 21.2. The second-order valence-corrected chi connectivity index (χ2v) is 18.7. The minimum Gasteiger partial charge on any atom is -0.312 e. The Morgan fingerprint density at radius 2 is 1.37 bits per heavy atom. The molecule has 9 aromatic rings. The Kier molecular flexibility index (Phi) is 8.64. The van der Waals surface area contributed by atoms with Crippen LogP contribution in [0.2, 0.25) is 0 Å². The van der Waals surface area contributed by atoms with Crippen LogP contribution in [-0.4, -0.2) is 15.5 Å². The van der Waals surface area contributed by atoms with E-state index in [1.54, 1.807) is 0 Å². The number of thiophene rings is 1. The third-order valence-electron chi connectivity index (χ3n) is 13.0. The quantitative estimate of drug-likeness (QED) is 0.173. The molecule has 0 radical (unpaired) electrons. The fourth-order valence-electron chi connectivity index (χ4n) is 10.2. The van der Waals surface area contributed by atoms with Crippen LogP contribution >= 0.6 is 23.1 Å². The summed E-state index contributed by atoms with van der Waals surface area (Å²) in [5.41, 5.74) is 14.4. The van der Waals surface area contributed by atoms with Gasteiger partial charge in [-0.3, -0.25) is 4.99 Å². The van der Waals surface area contributed by atoms with E-state index in [0.717, 1.165) is 37.1 Å². The minimum absolute atomic E-state index is 0.153. The predicted molar refractivity (Wildman–Crippen MR) is 260 cm³/mol. The molecule has 0 N–H and O–H groups in total. The Hall–Kier alpha value is -6.20. The zero-order valence-corrected chi connectivity index (χ0v) is 35.1. The molecule has 2 aromatic heterocycles. The summed E-state index contributed by atoms with van der Waals surface area (Å²) in [5, 5.41) is 8.08. The van der Waals surface area contributed by atoms with Crippen molar-refractivity contribution in [2.75, 3.05) is 0 Å². The molecule has 4 heterocycles. The van der Waals surface area contributed by atoms with Crippen LogP contribution < -0.4 is 0 Å². The zero-order chi connectivity index (χ0) is 39.7. The molecule has 12 rings (SSSR count). The van der Waals surface area contributed by atoms with Crippen molar-refractivity contribution in [1.82, 2.24) is 4.57 Å². The predicted octanol–water partition coefficient (Wildman–Crippen LogP) is 15.8. The Balaban J connectivity index is 1.04. The van der Waals surface area contributed by atoms with Crippen molar-refractivity contribution >= 4 is 92.8 Å². The third-order valence-corrected chi connectivity index (χ3v) is 15.6. The summed E-state index contributed by atoms with van der Waals surface area (Å²) in [6.07, 6.45) is 11.0. The first-order chi connectivity index (χ1) is 29.7. The molecule has 2 unspecified atom stereocenters. The van der Waals surface area contributed by atoms with Crippen LogP contribution in [0.15, 0.2) is 203 Å². The number of fused-ring (bicyclic) bond motifs is 10. The molecule has 60 heavy (non-hydrogen) atoms. The molecule has 1 aliphatic carbocycles. The van der Waals surface area contributed by atoms with Crippen LogP contribution in [0.25, 0.3) is 64.0 Å². The summed E-state index contributed by atoms with van der Waals surface area (Å²) in [5.74, 6) is 0.153. The first kappa shape index (κ1) is 35.7. The highest BCUT2D eigenvalue weighted by atomic mass is 32.2. The molecular formula is C56H42N2S2. The Morgan fingerprint density at radius 1 is 0.617 bits per heavy atom. The Bertz CT molecular complexity index is 3370. The summed E-state index contributed by atoms with van der Waals surface area (Å²) < 4.78 is 5.29. The molecule has 3 aliphatic rings. The maximum atomic E-state index is 5.74. The summed E-state index contributed by atoms with van der Waals surface area (Å²) in [7, 11) is 0. The molecule has 0 saturated heterocycles. The summed E-state index contributed by atoms with van der Waals surface area (Å²) in [6, 6.07) is 58.4. The van der Waals surface area contributed by atoms with Crippen LogP contribution in [0.4, 0.5) is 0 Å². The normalized spacial score (nSPS) is 20.5. The monoisotopic (exact) mass is 806 g/mol. The summed E-state index contributed by atoms with van der Waals surface area (Å²) in [4.78, 5) is 7.11. The van der Waals surface area contributed by atoms with Gasteiger partial charge in [-0.2, -0.15) is 0 Å². The molecule has 0 amide bonds. The van der Waals surface area contributed by atoms with Gasteiger partial charge in [-0.05, 0) is 114 Å². The van der Waals surface area contributed by atoms with Gasteiger partial charge in [-0.15, -0.1) is 23.1 Å². The summed E-state index contributed by atoms with van der Waals surface area (Å²) >= 11 is 3.93.